The monoisotopic (exact) mass is 978 g/mol. The fourth-order valence-corrected chi connectivity index (χ4v) is 12.5. The number of hydrogen-bond acceptors (Lipinski definition) is 10. The maximum Gasteiger partial charge on any atom is 0.410 e. The minimum Gasteiger partial charge on any atom is -0.450 e. The number of hydroxylamine groups is 1. The number of nitrogens with one attached hydrogen (secondary N) is 1. The highest BCUT2D eigenvalue weighted by atomic mass is 32.2. The van der Waals surface area contributed by atoms with Crippen LogP contribution in [-0.2, 0) is 40.1 Å². The van der Waals surface area contributed by atoms with Crippen molar-refractivity contribution in [1.82, 2.24) is 10.4 Å². The zero-order valence-electron chi connectivity index (χ0n) is 41.0. The second kappa shape index (κ2) is 20.6. The van der Waals surface area contributed by atoms with Crippen molar-refractivity contribution in [3.05, 3.63) is 131 Å². The van der Waals surface area contributed by atoms with Crippen molar-refractivity contribution in [2.24, 2.45) is 0 Å². The Balaban J connectivity index is 1.19. The summed E-state index contributed by atoms with van der Waals surface area (Å²) >= 11 is 0. The summed E-state index contributed by atoms with van der Waals surface area (Å²) in [5.41, 5.74) is 12.3. The van der Waals surface area contributed by atoms with Crippen molar-refractivity contribution in [2.45, 2.75) is 90.9 Å². The van der Waals surface area contributed by atoms with E-state index in [9.17, 15) is 26.2 Å². The first kappa shape index (κ1) is 50.1. The van der Waals surface area contributed by atoms with Crippen LogP contribution in [0, 0.1) is 0 Å². The molecule has 368 valence electrons. The summed E-state index contributed by atoms with van der Waals surface area (Å²) in [6, 6.07) is 25.6. The predicted octanol–water partition coefficient (Wildman–Crippen LogP) is 9.55. The molecule has 2 N–H and O–H groups in total. The molecular formula is C54H68N5O8S2+. The Morgan fingerprint density at radius 1 is 0.696 bits per heavy atom. The Morgan fingerprint density at radius 2 is 1.19 bits per heavy atom. The van der Waals surface area contributed by atoms with Crippen LogP contribution in [0.4, 0.5) is 16.2 Å². The van der Waals surface area contributed by atoms with Gasteiger partial charge in [-0.1, -0.05) is 107 Å². The summed E-state index contributed by atoms with van der Waals surface area (Å²) in [6.45, 7) is 17.0. The average molecular weight is 979 g/mol. The molecule has 8 rings (SSSR count). The summed E-state index contributed by atoms with van der Waals surface area (Å²) in [6.07, 6.45) is 12.5. The first-order chi connectivity index (χ1) is 32.9. The summed E-state index contributed by atoms with van der Waals surface area (Å²) in [4.78, 5) is 19.4. The van der Waals surface area contributed by atoms with Crippen LogP contribution in [0.25, 0.3) is 21.5 Å². The lowest BCUT2D eigenvalue weighted by Gasteiger charge is -2.27. The first-order valence-electron chi connectivity index (χ1n) is 24.5. The third-order valence-electron chi connectivity index (χ3n) is 14.2. The van der Waals surface area contributed by atoms with Crippen LogP contribution in [-0.4, -0.2) is 107 Å². The normalized spacial score (nSPS) is 20.4. The van der Waals surface area contributed by atoms with E-state index in [1.165, 1.54) is 44.1 Å². The number of unbranched alkanes of at least 4 members (excludes halogenated alkanes) is 2. The van der Waals surface area contributed by atoms with Gasteiger partial charge in [-0.2, -0.15) is 26.6 Å². The summed E-state index contributed by atoms with van der Waals surface area (Å²) in [5, 5.41) is 4.72. The maximum atomic E-state index is 12.9. The Hall–Kier alpha value is -5.32. The number of allylic oxidation sites excluding steroid dienone is 8. The SMILES string of the molecule is CCNOS(=O)(=O)CCCCN1C(=CC=C2CCC(=CC=C3N(CCCCS(=O)(=O)O)c4ccc5ccccc5c4C3(C)C)C2=[N+]2CCN(C(=O)OCC)CC2)C(C)(C)c2c1ccc1ccccc21. The highest BCUT2D eigenvalue weighted by Gasteiger charge is 2.43. The van der Waals surface area contributed by atoms with E-state index in [4.69, 9.17) is 9.02 Å². The van der Waals surface area contributed by atoms with Crippen LogP contribution in [0.2, 0.25) is 0 Å². The van der Waals surface area contributed by atoms with E-state index in [2.05, 4.69) is 145 Å². The third-order valence-corrected chi connectivity index (χ3v) is 16.1. The lowest BCUT2D eigenvalue weighted by Crippen LogP contribution is -2.47. The number of rotatable bonds is 16. The van der Waals surface area contributed by atoms with Gasteiger partial charge >= 0.3 is 6.09 Å². The number of hydrogen-bond donors (Lipinski definition) is 2. The van der Waals surface area contributed by atoms with Gasteiger partial charge in [-0.05, 0) is 102 Å². The maximum absolute atomic E-state index is 12.9. The Bertz CT molecular complexity index is 3000. The molecule has 0 aromatic heterocycles. The van der Waals surface area contributed by atoms with Crippen LogP contribution in [0.15, 0.2) is 120 Å². The molecule has 0 bridgehead atoms. The molecule has 69 heavy (non-hydrogen) atoms. The van der Waals surface area contributed by atoms with E-state index in [1.807, 2.05) is 6.92 Å². The second-order valence-electron chi connectivity index (χ2n) is 19.5. The minimum absolute atomic E-state index is 0.0798. The van der Waals surface area contributed by atoms with E-state index < -0.39 is 20.2 Å². The van der Waals surface area contributed by atoms with Crippen LogP contribution >= 0.6 is 0 Å². The molecule has 4 aromatic rings. The lowest BCUT2D eigenvalue weighted by molar-refractivity contribution is -0.537. The topological polar surface area (TPSA) is 149 Å². The van der Waals surface area contributed by atoms with Crippen molar-refractivity contribution in [1.29, 1.82) is 0 Å². The molecule has 4 aliphatic rings. The van der Waals surface area contributed by atoms with Gasteiger partial charge in [0.1, 0.15) is 0 Å². The zero-order valence-corrected chi connectivity index (χ0v) is 42.6. The molecule has 3 heterocycles. The predicted molar refractivity (Wildman–Crippen MR) is 277 cm³/mol. The molecule has 0 atom stereocenters. The number of fused-ring (bicyclic) bond motifs is 6. The summed E-state index contributed by atoms with van der Waals surface area (Å²) < 4.78 is 70.8. The van der Waals surface area contributed by atoms with Gasteiger partial charge < -0.3 is 14.5 Å². The van der Waals surface area contributed by atoms with Crippen molar-refractivity contribution in [3.8, 4) is 0 Å². The van der Waals surface area contributed by atoms with Gasteiger partial charge in [0.15, 0.2) is 13.1 Å². The molecule has 2 fully saturated rings. The Morgan fingerprint density at radius 3 is 1.67 bits per heavy atom. The number of carbonyl (C=O) groups excluding carboxylic acids is 1. The molecule has 1 saturated heterocycles. The second-order valence-corrected chi connectivity index (χ2v) is 22.7. The van der Waals surface area contributed by atoms with E-state index in [0.29, 0.717) is 78.1 Å². The molecule has 0 radical (unpaired) electrons. The van der Waals surface area contributed by atoms with Gasteiger partial charge in [0, 0.05) is 64.4 Å². The molecule has 3 aliphatic heterocycles. The molecule has 1 amide bonds. The van der Waals surface area contributed by atoms with E-state index >= 15 is 0 Å². The van der Waals surface area contributed by atoms with Gasteiger partial charge in [0.05, 0.1) is 31.2 Å². The standard InChI is InChI=1S/C54H67N5O8S2/c1-7-55-67-69(64,65)38-16-14-32-59-46-28-24-40-18-10-12-20-44(40)50(46)54(5,6)48(59)30-26-42-22-21-41(51(42)56-33-35-57(36-34-56)52(60)66-8-2)25-29-47-53(3,4)49-43-19-11-9-17-39(43)23-27-45(49)58(47)31-13-15-37-68(61,62)63/h9-12,17-20,23-30,55H,7-8,13-16,21-22,31-38H2,1-6H3/p+1. The van der Waals surface area contributed by atoms with Crippen molar-refractivity contribution in [3.63, 3.8) is 0 Å². The number of benzene rings is 4. The summed E-state index contributed by atoms with van der Waals surface area (Å²) in [5.74, 6) is -0.358. The van der Waals surface area contributed by atoms with Crippen LogP contribution in [0.3, 0.4) is 0 Å². The van der Waals surface area contributed by atoms with Crippen molar-refractivity contribution >= 4 is 65.0 Å². The smallest absolute Gasteiger partial charge is 0.410 e. The van der Waals surface area contributed by atoms with Gasteiger partial charge in [0.2, 0.25) is 5.71 Å². The van der Waals surface area contributed by atoms with E-state index in [0.717, 1.165) is 41.0 Å². The van der Waals surface area contributed by atoms with Crippen LogP contribution < -0.4 is 15.3 Å². The van der Waals surface area contributed by atoms with E-state index in [-0.39, 0.29) is 28.4 Å². The van der Waals surface area contributed by atoms with Crippen LogP contribution in [0.5, 0.6) is 0 Å². The molecule has 15 heteroatoms. The number of amides is 1. The number of nitrogens with zero attached hydrogens (tertiary/aromatic N) is 4. The third kappa shape index (κ3) is 10.6. The van der Waals surface area contributed by atoms with Crippen molar-refractivity contribution < 1.29 is 39.8 Å². The lowest BCUT2D eigenvalue weighted by atomic mass is 9.81. The molecule has 1 saturated carbocycles. The highest BCUT2D eigenvalue weighted by Crippen LogP contribution is 2.52. The fraction of sp³-hybridized carbons (Fsp3) is 0.444. The van der Waals surface area contributed by atoms with Gasteiger partial charge in [-0.3, -0.25) is 9.45 Å². The van der Waals surface area contributed by atoms with Crippen molar-refractivity contribution in [2.75, 3.05) is 73.7 Å². The van der Waals surface area contributed by atoms with E-state index in [1.54, 1.807) is 11.8 Å². The quantitative estimate of drug-likeness (QED) is 0.0479. The molecule has 13 nitrogen and oxygen atoms in total. The minimum atomic E-state index is -4.07. The molecular weight excluding hydrogens is 911 g/mol. The Kier molecular flexibility index (Phi) is 14.9. The largest absolute Gasteiger partial charge is 0.450 e. The average Bonchev–Trinajstić information content (AvgIpc) is 3.90. The number of piperazine rings is 1. The zero-order chi connectivity index (χ0) is 49.1. The van der Waals surface area contributed by atoms with Gasteiger partial charge in [-0.15, -0.1) is 0 Å². The number of carbonyl (C=O) groups is 1. The number of ether oxygens (including phenoxy) is 1. The molecule has 0 spiro atoms. The number of anilines is 2. The molecule has 1 aliphatic carbocycles. The summed E-state index contributed by atoms with van der Waals surface area (Å²) in [7, 11) is -7.78. The molecule has 4 aromatic carbocycles. The van der Waals surface area contributed by atoms with Crippen LogP contribution in [0.1, 0.15) is 91.2 Å². The molecule has 0 unspecified atom stereocenters. The van der Waals surface area contributed by atoms with Gasteiger partial charge in [0.25, 0.3) is 20.2 Å². The fourth-order valence-electron chi connectivity index (χ4n) is 11.0. The Labute approximate surface area is 408 Å². The van der Waals surface area contributed by atoms with Gasteiger partial charge in [-0.25, -0.2) is 9.37 Å². The first-order valence-corrected chi connectivity index (χ1v) is 27.7. The highest BCUT2D eigenvalue weighted by molar-refractivity contribution is 7.86.